The highest BCUT2D eigenvalue weighted by molar-refractivity contribution is 5.89. The first-order chi connectivity index (χ1) is 12.5. The van der Waals surface area contributed by atoms with Gasteiger partial charge in [-0.2, -0.15) is 0 Å². The Hall–Kier alpha value is -2.04. The highest BCUT2D eigenvalue weighted by Gasteiger charge is 2.39. The van der Waals surface area contributed by atoms with E-state index >= 15 is 0 Å². The Morgan fingerprint density at radius 3 is 2.81 bits per heavy atom. The van der Waals surface area contributed by atoms with Crippen LogP contribution in [0.1, 0.15) is 44.1 Å². The molecule has 26 heavy (non-hydrogen) atoms. The second-order valence-corrected chi connectivity index (χ2v) is 7.66. The van der Waals surface area contributed by atoms with Crippen LogP contribution in [0.15, 0.2) is 24.3 Å². The van der Waals surface area contributed by atoms with Crippen LogP contribution in [0.5, 0.6) is 5.75 Å². The zero-order chi connectivity index (χ0) is 18.5. The zero-order valence-electron chi connectivity index (χ0n) is 15.9. The van der Waals surface area contributed by atoms with Crippen molar-refractivity contribution in [1.82, 2.24) is 9.80 Å². The number of hydrogen-bond acceptors (Lipinski definition) is 3. The van der Waals surface area contributed by atoms with E-state index in [1.807, 2.05) is 43.1 Å². The van der Waals surface area contributed by atoms with Crippen molar-refractivity contribution >= 4 is 11.8 Å². The molecule has 5 heteroatoms. The maximum absolute atomic E-state index is 12.7. The molecule has 2 fully saturated rings. The van der Waals surface area contributed by atoms with Crippen LogP contribution in [-0.2, 0) is 9.59 Å². The van der Waals surface area contributed by atoms with Gasteiger partial charge in [-0.25, -0.2) is 0 Å². The van der Waals surface area contributed by atoms with Crippen LogP contribution in [0, 0.1) is 12.8 Å². The largest absolute Gasteiger partial charge is 0.494 e. The molecule has 0 N–H and O–H groups in total. The number of ether oxygens (including phenoxy) is 1. The maximum Gasteiger partial charge on any atom is 0.227 e. The maximum atomic E-state index is 12.7. The highest BCUT2D eigenvalue weighted by atomic mass is 16.5. The van der Waals surface area contributed by atoms with Crippen LogP contribution in [-0.4, -0.2) is 54.4 Å². The van der Waals surface area contributed by atoms with Gasteiger partial charge in [-0.15, -0.1) is 0 Å². The molecular weight excluding hydrogens is 328 g/mol. The molecule has 0 aromatic heterocycles. The number of rotatable bonds is 7. The lowest BCUT2D eigenvalue weighted by atomic mass is 10.1. The summed E-state index contributed by atoms with van der Waals surface area (Å²) in [6.45, 7) is 3.88. The Morgan fingerprint density at radius 2 is 2.08 bits per heavy atom. The molecule has 1 atom stereocenters. The number of amides is 2. The third-order valence-electron chi connectivity index (χ3n) is 5.55. The van der Waals surface area contributed by atoms with Crippen molar-refractivity contribution in [3.8, 4) is 5.75 Å². The molecule has 0 unspecified atom stereocenters. The molecule has 1 heterocycles. The molecule has 1 saturated heterocycles. The molecular formula is C21H30N2O3. The molecule has 1 aliphatic heterocycles. The smallest absolute Gasteiger partial charge is 0.227 e. The predicted molar refractivity (Wildman–Crippen MR) is 101 cm³/mol. The van der Waals surface area contributed by atoms with Crippen molar-refractivity contribution in [1.29, 1.82) is 0 Å². The van der Waals surface area contributed by atoms with Crippen LogP contribution in [0.25, 0.3) is 0 Å². The van der Waals surface area contributed by atoms with Crippen LogP contribution in [0.4, 0.5) is 0 Å². The molecule has 3 rings (SSSR count). The quantitative estimate of drug-likeness (QED) is 0.704. The molecule has 0 bridgehead atoms. The third-order valence-corrected chi connectivity index (χ3v) is 5.55. The number of nitrogens with zero attached hydrogens (tertiary/aromatic N) is 2. The minimum absolute atomic E-state index is 0.0920. The Labute approximate surface area is 156 Å². The Morgan fingerprint density at radius 1 is 1.31 bits per heavy atom. The fourth-order valence-corrected chi connectivity index (χ4v) is 4.08. The van der Waals surface area contributed by atoms with Gasteiger partial charge in [-0.3, -0.25) is 9.59 Å². The van der Waals surface area contributed by atoms with Gasteiger partial charge in [0.2, 0.25) is 11.8 Å². The standard InChI is InChI=1S/C21H30N2O3/c1-16-7-5-10-19(13-16)26-12-6-11-22(2)21(25)17-14-20(24)23(15-17)18-8-3-4-9-18/h5,7,10,13,17-18H,3-4,6,8-9,11-12,14-15H2,1-2H3/t17-/m0/s1. The van der Waals surface area contributed by atoms with Crippen molar-refractivity contribution in [3.05, 3.63) is 29.8 Å². The lowest BCUT2D eigenvalue weighted by molar-refractivity contribution is -0.134. The molecule has 2 amide bonds. The molecule has 1 saturated carbocycles. The van der Waals surface area contributed by atoms with E-state index in [4.69, 9.17) is 4.74 Å². The van der Waals surface area contributed by atoms with Crippen molar-refractivity contribution in [2.75, 3.05) is 26.7 Å². The van der Waals surface area contributed by atoms with Gasteiger partial charge < -0.3 is 14.5 Å². The molecule has 5 nitrogen and oxygen atoms in total. The van der Waals surface area contributed by atoms with E-state index in [1.54, 1.807) is 4.90 Å². The average Bonchev–Trinajstić information content (AvgIpc) is 3.27. The molecule has 0 spiro atoms. The van der Waals surface area contributed by atoms with E-state index in [1.165, 1.54) is 18.4 Å². The predicted octanol–water partition coefficient (Wildman–Crippen LogP) is 3.01. The van der Waals surface area contributed by atoms with Crippen LogP contribution in [0.3, 0.4) is 0 Å². The third kappa shape index (κ3) is 4.57. The fourth-order valence-electron chi connectivity index (χ4n) is 4.08. The number of aryl methyl sites for hydroxylation is 1. The van der Waals surface area contributed by atoms with Gasteiger partial charge in [0.15, 0.2) is 0 Å². The number of benzene rings is 1. The van der Waals surface area contributed by atoms with Crippen molar-refractivity contribution < 1.29 is 14.3 Å². The first-order valence-electron chi connectivity index (χ1n) is 9.78. The normalized spacial score (nSPS) is 20.6. The zero-order valence-corrected chi connectivity index (χ0v) is 15.9. The van der Waals surface area contributed by atoms with Crippen molar-refractivity contribution in [3.63, 3.8) is 0 Å². The molecule has 1 aromatic rings. The van der Waals surface area contributed by atoms with Gasteiger partial charge in [0.25, 0.3) is 0 Å². The summed E-state index contributed by atoms with van der Waals surface area (Å²) in [6, 6.07) is 8.35. The van der Waals surface area contributed by atoms with Gasteiger partial charge >= 0.3 is 0 Å². The van der Waals surface area contributed by atoms with E-state index in [2.05, 4.69) is 0 Å². The summed E-state index contributed by atoms with van der Waals surface area (Å²) in [4.78, 5) is 28.7. The van der Waals surface area contributed by atoms with E-state index in [-0.39, 0.29) is 17.7 Å². The topological polar surface area (TPSA) is 49.9 Å². The van der Waals surface area contributed by atoms with E-state index in [0.717, 1.165) is 25.0 Å². The fraction of sp³-hybridized carbons (Fsp3) is 0.619. The first-order valence-corrected chi connectivity index (χ1v) is 9.78. The van der Waals surface area contributed by atoms with Gasteiger partial charge in [0.05, 0.1) is 12.5 Å². The second-order valence-electron chi connectivity index (χ2n) is 7.66. The summed E-state index contributed by atoms with van der Waals surface area (Å²) in [5, 5.41) is 0. The summed E-state index contributed by atoms with van der Waals surface area (Å²) in [5.41, 5.74) is 1.17. The number of hydrogen-bond donors (Lipinski definition) is 0. The van der Waals surface area contributed by atoms with Crippen LogP contribution < -0.4 is 4.74 Å². The molecule has 1 aliphatic carbocycles. The van der Waals surface area contributed by atoms with Crippen LogP contribution >= 0.6 is 0 Å². The summed E-state index contributed by atoms with van der Waals surface area (Å²) < 4.78 is 5.74. The molecule has 0 radical (unpaired) electrons. The number of carbonyl (C=O) groups is 2. The van der Waals surface area contributed by atoms with Gasteiger partial charge in [0.1, 0.15) is 5.75 Å². The Kier molecular flexibility index (Phi) is 6.17. The summed E-state index contributed by atoms with van der Waals surface area (Å²) in [5.74, 6) is 0.944. The molecule has 2 aliphatic rings. The van der Waals surface area contributed by atoms with Gasteiger partial charge in [-0.05, 0) is 43.9 Å². The summed E-state index contributed by atoms with van der Waals surface area (Å²) >= 11 is 0. The Bertz CT molecular complexity index is 640. The highest BCUT2D eigenvalue weighted by Crippen LogP contribution is 2.30. The average molecular weight is 358 g/mol. The minimum atomic E-state index is -0.175. The van der Waals surface area contributed by atoms with E-state index in [9.17, 15) is 9.59 Å². The monoisotopic (exact) mass is 358 g/mol. The molecule has 1 aromatic carbocycles. The SMILES string of the molecule is Cc1cccc(OCCCN(C)C(=O)[C@H]2CC(=O)N(C3CCCC3)C2)c1. The minimum Gasteiger partial charge on any atom is -0.494 e. The number of carbonyl (C=O) groups excluding carboxylic acids is 2. The Balaban J connectivity index is 1.41. The second kappa shape index (κ2) is 8.56. The van der Waals surface area contributed by atoms with Crippen molar-refractivity contribution in [2.45, 2.75) is 51.5 Å². The van der Waals surface area contributed by atoms with Gasteiger partial charge in [0, 0.05) is 32.6 Å². The molecule has 142 valence electrons. The lowest BCUT2D eigenvalue weighted by Gasteiger charge is -2.25. The van der Waals surface area contributed by atoms with E-state index < -0.39 is 0 Å². The summed E-state index contributed by atoms with van der Waals surface area (Å²) in [6.07, 6.45) is 5.75. The summed E-state index contributed by atoms with van der Waals surface area (Å²) in [7, 11) is 1.83. The number of likely N-dealkylation sites (tertiary alicyclic amines) is 1. The first kappa shape index (κ1) is 18.7. The lowest BCUT2D eigenvalue weighted by Crippen LogP contribution is -2.38. The van der Waals surface area contributed by atoms with Crippen LogP contribution in [0.2, 0.25) is 0 Å². The van der Waals surface area contributed by atoms with Crippen molar-refractivity contribution in [2.24, 2.45) is 5.92 Å². The van der Waals surface area contributed by atoms with Gasteiger partial charge in [-0.1, -0.05) is 25.0 Å². The van der Waals surface area contributed by atoms with E-state index in [0.29, 0.717) is 32.2 Å².